The Hall–Kier alpha value is -6.91. The predicted molar refractivity (Wildman–Crippen MR) is 218 cm³/mol. The molecule has 4 heterocycles. The second-order valence-corrected chi connectivity index (χ2v) is 13.9. The minimum absolute atomic E-state index is 0.0290. The van der Waals surface area contributed by atoms with E-state index in [1.54, 1.807) is 0 Å². The lowest BCUT2D eigenvalue weighted by Gasteiger charge is -2.25. The number of benzene rings is 7. The van der Waals surface area contributed by atoms with Crippen molar-refractivity contribution in [3.8, 4) is 11.4 Å². The standard InChI is InChI=1S/C48H31N4/c1-2-13-31(14-3-1)50-41-21-9-6-17-38(41)46-44(50)30-29-37-36-18-12-24-45-47(36)52(48(37)46)43-23-11-10-22-42(43)51(45)33-27-25-32(26-28-33)49-39-19-7-4-15-34(39)35-16-5-8-20-40(35)49/h1-30,43H/q+1. The van der Waals surface area contributed by atoms with Crippen molar-refractivity contribution in [2.45, 2.75) is 6.04 Å². The fourth-order valence-corrected chi connectivity index (χ4v) is 9.26. The third-order valence-corrected chi connectivity index (χ3v) is 11.3. The topological polar surface area (TPSA) is 17.8 Å². The number of para-hydroxylation sites is 5. The Morgan fingerprint density at radius 1 is 0.423 bits per heavy atom. The van der Waals surface area contributed by atoms with Crippen LogP contribution < -0.4 is 4.58 Å². The van der Waals surface area contributed by atoms with Crippen LogP contribution in [-0.4, -0.2) is 19.4 Å². The molecular weight excluding hydrogens is 633 g/mol. The van der Waals surface area contributed by atoms with E-state index in [0.717, 1.165) is 11.4 Å². The molecule has 7 aromatic carbocycles. The fraction of sp³-hybridized carbons (Fsp3) is 0.0208. The van der Waals surface area contributed by atoms with Crippen molar-refractivity contribution in [1.82, 2.24) is 18.3 Å². The Morgan fingerprint density at radius 2 is 1.02 bits per heavy atom. The smallest absolute Gasteiger partial charge is 0.235 e. The van der Waals surface area contributed by atoms with Crippen LogP contribution in [-0.2, 0) is 0 Å². The molecule has 0 fully saturated rings. The fourth-order valence-electron chi connectivity index (χ4n) is 9.26. The van der Waals surface area contributed by atoms with Crippen LogP contribution in [0.2, 0.25) is 0 Å². The van der Waals surface area contributed by atoms with Gasteiger partial charge >= 0.3 is 0 Å². The normalized spacial score (nSPS) is 15.3. The minimum atomic E-state index is 0.0290. The van der Waals surface area contributed by atoms with Crippen LogP contribution in [0.25, 0.3) is 76.8 Å². The minimum Gasteiger partial charge on any atom is -0.317 e. The molecule has 242 valence electrons. The molecule has 0 spiro atoms. The summed E-state index contributed by atoms with van der Waals surface area (Å²) < 4.78 is 9.90. The summed E-state index contributed by atoms with van der Waals surface area (Å²) in [7, 11) is 0. The van der Waals surface area contributed by atoms with Crippen LogP contribution >= 0.6 is 0 Å². The molecule has 10 aromatic rings. The SMILES string of the molecule is C1=CC2=[N+](c3ccc(-n4c5ccccc5c5ccccc54)cc3)c3cccc4c5ccc6c(c7ccccc7n6-c6ccccc6)c5n(c34)C2C=C1. The van der Waals surface area contributed by atoms with Crippen LogP contribution in [0.15, 0.2) is 182 Å². The second kappa shape index (κ2) is 10.3. The number of rotatable bonds is 3. The molecule has 1 atom stereocenters. The zero-order chi connectivity index (χ0) is 33.9. The second-order valence-electron chi connectivity index (χ2n) is 13.9. The zero-order valence-electron chi connectivity index (χ0n) is 28.2. The molecule has 52 heavy (non-hydrogen) atoms. The first-order valence-corrected chi connectivity index (χ1v) is 18.0. The molecule has 1 unspecified atom stereocenters. The Balaban J connectivity index is 1.12. The molecular formula is C48H31N4+. The van der Waals surface area contributed by atoms with Crippen molar-refractivity contribution in [3.05, 3.63) is 182 Å². The van der Waals surface area contributed by atoms with Crippen molar-refractivity contribution < 1.29 is 0 Å². The van der Waals surface area contributed by atoms with E-state index in [9.17, 15) is 0 Å². The number of allylic oxidation sites excluding steroid dienone is 4. The molecule has 4 heteroatoms. The average molecular weight is 664 g/mol. The summed E-state index contributed by atoms with van der Waals surface area (Å²) in [4.78, 5) is 0. The maximum atomic E-state index is 2.61. The van der Waals surface area contributed by atoms with Crippen molar-refractivity contribution in [3.63, 3.8) is 0 Å². The number of aromatic nitrogens is 3. The van der Waals surface area contributed by atoms with Gasteiger partial charge in [0.15, 0.2) is 0 Å². The van der Waals surface area contributed by atoms with Gasteiger partial charge in [0, 0.05) is 68.0 Å². The van der Waals surface area contributed by atoms with Crippen LogP contribution in [0.4, 0.5) is 11.4 Å². The lowest BCUT2D eigenvalue weighted by atomic mass is 10.0. The van der Waals surface area contributed by atoms with E-state index in [-0.39, 0.29) is 6.04 Å². The van der Waals surface area contributed by atoms with Gasteiger partial charge in [-0.15, -0.1) is 0 Å². The van der Waals surface area contributed by atoms with Crippen molar-refractivity contribution >= 4 is 82.5 Å². The summed E-state index contributed by atoms with van der Waals surface area (Å²) >= 11 is 0. The Bertz CT molecular complexity index is 3170. The van der Waals surface area contributed by atoms with Gasteiger partial charge in [0.2, 0.25) is 17.1 Å². The molecule has 1 aliphatic heterocycles. The van der Waals surface area contributed by atoms with Gasteiger partial charge in [-0.3, -0.25) is 0 Å². The molecule has 1 aliphatic carbocycles. The number of nitrogens with zero attached hydrogens (tertiary/aromatic N) is 4. The third kappa shape index (κ3) is 3.58. The van der Waals surface area contributed by atoms with Crippen LogP contribution in [0, 0.1) is 0 Å². The van der Waals surface area contributed by atoms with E-state index in [1.807, 2.05) is 0 Å². The molecule has 0 saturated carbocycles. The molecule has 0 radical (unpaired) electrons. The molecule has 0 bridgehead atoms. The van der Waals surface area contributed by atoms with Crippen molar-refractivity contribution in [2.75, 3.05) is 0 Å². The largest absolute Gasteiger partial charge is 0.317 e. The van der Waals surface area contributed by atoms with Gasteiger partial charge in [-0.1, -0.05) is 109 Å². The predicted octanol–water partition coefficient (Wildman–Crippen LogP) is 11.9. The number of fused-ring (bicyclic) bond motifs is 12. The summed E-state index contributed by atoms with van der Waals surface area (Å²) in [5.74, 6) is 0. The van der Waals surface area contributed by atoms with Gasteiger partial charge in [-0.2, -0.15) is 4.58 Å². The molecule has 2 aliphatic rings. The first kappa shape index (κ1) is 27.9. The first-order valence-electron chi connectivity index (χ1n) is 18.0. The molecule has 0 amide bonds. The summed E-state index contributed by atoms with van der Waals surface area (Å²) in [5.41, 5.74) is 13.4. The average Bonchev–Trinajstić information content (AvgIpc) is 3.85. The van der Waals surface area contributed by atoms with Gasteiger partial charge in [-0.05, 0) is 48.5 Å². The van der Waals surface area contributed by atoms with Crippen LogP contribution in [0.1, 0.15) is 6.04 Å². The van der Waals surface area contributed by atoms with E-state index in [1.165, 1.54) is 82.5 Å². The van der Waals surface area contributed by atoms with E-state index in [2.05, 4.69) is 200 Å². The van der Waals surface area contributed by atoms with Gasteiger partial charge in [0.1, 0.15) is 11.6 Å². The van der Waals surface area contributed by atoms with Gasteiger partial charge in [0.25, 0.3) is 0 Å². The highest BCUT2D eigenvalue weighted by Gasteiger charge is 2.38. The maximum absolute atomic E-state index is 2.61. The van der Waals surface area contributed by atoms with Gasteiger partial charge < -0.3 is 13.7 Å². The maximum Gasteiger partial charge on any atom is 0.235 e. The Kier molecular flexibility index (Phi) is 5.53. The number of hydrogen-bond acceptors (Lipinski definition) is 0. The molecule has 4 nitrogen and oxygen atoms in total. The van der Waals surface area contributed by atoms with E-state index in [4.69, 9.17) is 0 Å². The van der Waals surface area contributed by atoms with Gasteiger partial charge in [-0.25, -0.2) is 0 Å². The Labute approximate surface area is 299 Å². The monoisotopic (exact) mass is 663 g/mol. The highest BCUT2D eigenvalue weighted by atomic mass is 15.2. The number of hydrogen-bond donors (Lipinski definition) is 0. The quantitative estimate of drug-likeness (QED) is 0.168. The lowest BCUT2D eigenvalue weighted by Crippen LogP contribution is -2.30. The summed E-state index contributed by atoms with van der Waals surface area (Å²) in [6.07, 6.45) is 9.04. The molecule has 0 N–H and O–H groups in total. The highest BCUT2D eigenvalue weighted by Crippen LogP contribution is 2.47. The molecule has 12 rings (SSSR count). The highest BCUT2D eigenvalue weighted by molar-refractivity contribution is 6.28. The van der Waals surface area contributed by atoms with Crippen molar-refractivity contribution in [2.24, 2.45) is 0 Å². The molecule has 0 saturated heterocycles. The van der Waals surface area contributed by atoms with Crippen LogP contribution in [0.3, 0.4) is 0 Å². The summed E-state index contributed by atoms with van der Waals surface area (Å²) in [6, 6.07) is 57.7. The first-order chi connectivity index (χ1) is 25.8. The molecule has 3 aromatic heterocycles. The van der Waals surface area contributed by atoms with Gasteiger partial charge in [0.05, 0.1) is 27.6 Å². The summed E-state index contributed by atoms with van der Waals surface area (Å²) in [5, 5.41) is 7.68. The lowest BCUT2D eigenvalue weighted by molar-refractivity contribution is 0.783. The van der Waals surface area contributed by atoms with E-state index in [0.29, 0.717) is 0 Å². The van der Waals surface area contributed by atoms with E-state index < -0.39 is 0 Å². The third-order valence-electron chi connectivity index (χ3n) is 11.3. The van der Waals surface area contributed by atoms with Crippen LogP contribution in [0.5, 0.6) is 0 Å². The van der Waals surface area contributed by atoms with E-state index >= 15 is 0 Å². The Morgan fingerprint density at radius 3 is 1.77 bits per heavy atom. The zero-order valence-corrected chi connectivity index (χ0v) is 28.2. The summed E-state index contributed by atoms with van der Waals surface area (Å²) in [6.45, 7) is 0. The van der Waals surface area contributed by atoms with Crippen molar-refractivity contribution in [1.29, 1.82) is 0 Å².